The maximum absolute atomic E-state index is 12.9. The highest BCUT2D eigenvalue weighted by molar-refractivity contribution is 7.92. The minimum Gasteiger partial charge on any atom is -0.494 e. The fourth-order valence-corrected chi connectivity index (χ4v) is 7.84. The zero-order valence-electron chi connectivity index (χ0n) is 33.4. The summed E-state index contributed by atoms with van der Waals surface area (Å²) in [5.41, 5.74) is 6.38. The molecule has 2 N–H and O–H groups in total. The molecule has 296 valence electrons. The van der Waals surface area contributed by atoms with Crippen LogP contribution in [0.2, 0.25) is 0 Å². The van der Waals surface area contributed by atoms with Crippen molar-refractivity contribution in [1.29, 1.82) is 0 Å². The van der Waals surface area contributed by atoms with Crippen LogP contribution in [0.3, 0.4) is 0 Å². The number of aliphatic imine (C=N–C) groups is 2. The number of aryl methyl sites for hydroxylation is 1. The van der Waals surface area contributed by atoms with Gasteiger partial charge in [-0.2, -0.15) is 4.98 Å². The fourth-order valence-electron chi connectivity index (χ4n) is 7.33. The van der Waals surface area contributed by atoms with E-state index in [1.54, 1.807) is 38.6 Å². The summed E-state index contributed by atoms with van der Waals surface area (Å²) in [7, 11) is 1.67. The van der Waals surface area contributed by atoms with E-state index in [1.165, 1.54) is 22.6 Å². The Kier molecular flexibility index (Phi) is 13.0. The number of nitrogens with one attached hydrogen (secondary N) is 2. The Morgan fingerprint density at radius 3 is 2.38 bits per heavy atom. The zero-order chi connectivity index (χ0) is 39.8. The molecule has 2 fully saturated rings. The van der Waals surface area contributed by atoms with Crippen LogP contribution in [0.25, 0.3) is 12.2 Å². The van der Waals surface area contributed by atoms with E-state index in [0.717, 1.165) is 76.0 Å². The zero-order valence-corrected chi connectivity index (χ0v) is 34.2. The molecule has 0 spiro atoms. The second kappa shape index (κ2) is 18.1. The first-order valence-electron chi connectivity index (χ1n) is 19.1. The van der Waals surface area contributed by atoms with Crippen LogP contribution < -0.4 is 24.6 Å². The van der Waals surface area contributed by atoms with E-state index >= 15 is 0 Å². The molecular formula is C42H54N10O3S. The highest BCUT2D eigenvalue weighted by atomic mass is 32.2. The predicted octanol–water partition coefficient (Wildman–Crippen LogP) is 7.37. The Bertz CT molecular complexity index is 2160. The number of benzene rings is 3. The van der Waals surface area contributed by atoms with Gasteiger partial charge in [0.25, 0.3) is 0 Å². The second-order valence-electron chi connectivity index (χ2n) is 14.2. The monoisotopic (exact) mass is 778 g/mol. The fraction of sp³-hybridized carbons (Fsp3) is 0.381. The Morgan fingerprint density at radius 1 is 1.00 bits per heavy atom. The number of methoxy groups -OCH3 is 1. The van der Waals surface area contributed by atoms with E-state index in [2.05, 4.69) is 68.1 Å². The summed E-state index contributed by atoms with van der Waals surface area (Å²) < 4.78 is 33.0. The molecule has 13 nitrogen and oxygen atoms in total. The van der Waals surface area contributed by atoms with Crippen molar-refractivity contribution in [3.8, 4) is 5.75 Å². The Morgan fingerprint density at radius 2 is 1.73 bits per heavy atom. The molecule has 2 saturated heterocycles. The molecule has 2 aliphatic rings. The molecular weight excluding hydrogens is 725 g/mol. The topological polar surface area (TPSA) is 131 Å². The van der Waals surface area contributed by atoms with Gasteiger partial charge in [0.15, 0.2) is 0 Å². The Labute approximate surface area is 331 Å². The van der Waals surface area contributed by atoms with Crippen molar-refractivity contribution in [2.24, 2.45) is 9.98 Å². The van der Waals surface area contributed by atoms with Gasteiger partial charge in [-0.3, -0.25) is 19.2 Å². The summed E-state index contributed by atoms with van der Waals surface area (Å²) in [5, 5.41) is 6.84. The van der Waals surface area contributed by atoms with Crippen LogP contribution in [0.15, 0.2) is 70.8 Å². The minimum absolute atomic E-state index is 0.305. The summed E-state index contributed by atoms with van der Waals surface area (Å²) in [4.78, 5) is 25.9. The third-order valence-electron chi connectivity index (χ3n) is 10.6. The maximum Gasteiger partial charge on any atom is 0.232 e. The van der Waals surface area contributed by atoms with E-state index in [9.17, 15) is 8.42 Å². The summed E-state index contributed by atoms with van der Waals surface area (Å²) in [5.74, 6) is 1.47. The van der Waals surface area contributed by atoms with Crippen LogP contribution in [-0.2, 0) is 16.4 Å². The normalized spacial score (nSPS) is 16.1. The third-order valence-corrected chi connectivity index (χ3v) is 11.8. The molecule has 4 aromatic rings. The SMILES string of the molecule is C=Nc1ccc(Nc2nc(Nc3cc(CC)c(N4CCC(N5CCN(C)CC5)CC4)cc3OC)ncc2/C=C/c2ccccc2)c(N(C)S(C)(=O)=O)c1N=CC. The van der Waals surface area contributed by atoms with Gasteiger partial charge >= 0.3 is 0 Å². The molecule has 0 unspecified atom stereocenters. The molecule has 6 rings (SSSR count). The molecule has 0 saturated carbocycles. The van der Waals surface area contributed by atoms with Crippen LogP contribution in [0.1, 0.15) is 43.4 Å². The number of piperazine rings is 1. The average Bonchev–Trinajstić information content (AvgIpc) is 3.21. The van der Waals surface area contributed by atoms with Crippen molar-refractivity contribution in [3.63, 3.8) is 0 Å². The maximum atomic E-state index is 12.9. The van der Waals surface area contributed by atoms with Gasteiger partial charge in [0.1, 0.15) is 22.9 Å². The van der Waals surface area contributed by atoms with Crippen LogP contribution in [-0.4, -0.2) is 114 Å². The third kappa shape index (κ3) is 9.37. The van der Waals surface area contributed by atoms with Crippen LogP contribution in [0.4, 0.5) is 45.9 Å². The van der Waals surface area contributed by atoms with E-state index in [0.29, 0.717) is 51.9 Å². The number of rotatable bonds is 14. The molecule has 14 heteroatoms. The van der Waals surface area contributed by atoms with Crippen molar-refractivity contribution in [3.05, 3.63) is 77.5 Å². The number of anilines is 6. The molecule has 0 atom stereocenters. The van der Waals surface area contributed by atoms with Gasteiger partial charge in [0.05, 0.1) is 30.4 Å². The van der Waals surface area contributed by atoms with Gasteiger partial charge in [-0.15, -0.1) is 0 Å². The van der Waals surface area contributed by atoms with Crippen molar-refractivity contribution < 1.29 is 13.2 Å². The lowest BCUT2D eigenvalue weighted by Crippen LogP contribution is -2.52. The molecule has 2 aliphatic heterocycles. The first-order chi connectivity index (χ1) is 27.0. The minimum atomic E-state index is -3.70. The van der Waals surface area contributed by atoms with E-state index in [-0.39, 0.29) is 0 Å². The number of piperidine rings is 1. The Balaban J connectivity index is 1.34. The number of ether oxygens (including phenoxy) is 1. The quantitative estimate of drug-likeness (QED) is 0.125. The van der Waals surface area contributed by atoms with Crippen molar-refractivity contribution in [2.75, 3.05) is 86.6 Å². The van der Waals surface area contributed by atoms with Crippen molar-refractivity contribution in [1.82, 2.24) is 19.8 Å². The molecule has 56 heavy (non-hydrogen) atoms. The largest absolute Gasteiger partial charge is 0.494 e. The number of likely N-dealkylation sites (N-methyl/N-ethyl adjacent to an activating group) is 1. The molecule has 3 aromatic carbocycles. The van der Waals surface area contributed by atoms with Crippen molar-refractivity contribution >= 4 is 81.0 Å². The van der Waals surface area contributed by atoms with Crippen LogP contribution in [0, 0.1) is 0 Å². The van der Waals surface area contributed by atoms with Crippen LogP contribution >= 0.6 is 0 Å². The first-order valence-corrected chi connectivity index (χ1v) is 21.0. The lowest BCUT2D eigenvalue weighted by molar-refractivity contribution is 0.0982. The summed E-state index contributed by atoms with van der Waals surface area (Å²) in [6.07, 6.45) is 11.5. The van der Waals surface area contributed by atoms with Gasteiger partial charge in [-0.1, -0.05) is 43.3 Å². The average molecular weight is 779 g/mol. The van der Waals surface area contributed by atoms with Crippen LogP contribution in [0.5, 0.6) is 5.75 Å². The van der Waals surface area contributed by atoms with E-state index in [1.807, 2.05) is 42.5 Å². The van der Waals surface area contributed by atoms with Gasteiger partial charge in [0, 0.05) is 82.1 Å². The summed E-state index contributed by atoms with van der Waals surface area (Å²) in [6, 6.07) is 18.3. The van der Waals surface area contributed by atoms with E-state index < -0.39 is 10.0 Å². The highest BCUT2D eigenvalue weighted by Crippen LogP contribution is 2.45. The number of sulfonamides is 1. The van der Waals surface area contributed by atoms with Crippen molar-refractivity contribution in [2.45, 2.75) is 39.2 Å². The molecule has 0 aliphatic carbocycles. The summed E-state index contributed by atoms with van der Waals surface area (Å²) in [6.45, 7) is 14.2. The molecule has 1 aromatic heterocycles. The van der Waals surface area contributed by atoms with E-state index in [4.69, 9.17) is 14.7 Å². The molecule has 0 amide bonds. The van der Waals surface area contributed by atoms with Gasteiger partial charge in [-0.25, -0.2) is 13.4 Å². The van der Waals surface area contributed by atoms with Gasteiger partial charge in [0.2, 0.25) is 16.0 Å². The first kappa shape index (κ1) is 40.4. The number of hydrogen-bond donors (Lipinski definition) is 2. The standard InChI is InChI=1S/C42H54N10O3S/c1-8-31-27-36(38(55-6)28-37(31)52-21-19-33(20-22-52)51-25-23-49(4)24-26-51)47-42-45-29-32(16-15-30-13-11-10-12-14-30)41(48-42)46-35-18-17-34(43-3)39(44-9-2)40(35)50(5)56(7,53)54/h9-18,27-29,33H,3,8,19-26H2,1-2,4-7H3,(H2,45,46,47,48)/b16-15+,44-9?. The number of hydrogen-bond acceptors (Lipinski definition) is 12. The number of nitrogens with zero attached hydrogens (tertiary/aromatic N) is 8. The smallest absolute Gasteiger partial charge is 0.232 e. The van der Waals surface area contributed by atoms with Gasteiger partial charge in [-0.05, 0) is 75.4 Å². The lowest BCUT2D eigenvalue weighted by Gasteiger charge is -2.43. The Hall–Kier alpha value is -5.31. The highest BCUT2D eigenvalue weighted by Gasteiger charge is 2.28. The lowest BCUT2D eigenvalue weighted by atomic mass is 9.99. The molecule has 0 radical (unpaired) electrons. The second-order valence-corrected chi connectivity index (χ2v) is 16.2. The molecule has 0 bridgehead atoms. The molecule has 3 heterocycles. The predicted molar refractivity (Wildman–Crippen MR) is 233 cm³/mol. The summed E-state index contributed by atoms with van der Waals surface area (Å²) >= 11 is 0. The number of aromatic nitrogens is 2. The van der Waals surface area contributed by atoms with Gasteiger partial charge < -0.3 is 25.2 Å².